The highest BCUT2D eigenvalue weighted by Gasteiger charge is 2.11. The topological polar surface area (TPSA) is 104 Å². The highest BCUT2D eigenvalue weighted by atomic mass is 35.5. The van der Waals surface area contributed by atoms with Crippen LogP contribution < -0.4 is 15.8 Å². The molecule has 0 aliphatic rings. The van der Waals surface area contributed by atoms with Crippen LogP contribution in [-0.4, -0.2) is 31.3 Å². The van der Waals surface area contributed by atoms with E-state index in [2.05, 4.69) is 39.2 Å². The van der Waals surface area contributed by atoms with Crippen molar-refractivity contribution >= 4 is 23.1 Å². The third-order valence-corrected chi connectivity index (χ3v) is 3.73. The molecule has 0 bridgehead atoms. The van der Waals surface area contributed by atoms with Crippen molar-refractivity contribution in [3.8, 4) is 11.7 Å². The molecule has 0 amide bonds. The van der Waals surface area contributed by atoms with Crippen LogP contribution in [0, 0.1) is 5.92 Å². The summed E-state index contributed by atoms with van der Waals surface area (Å²) in [5.74, 6) is 1.87. The number of nitrogens with zero attached hydrogens (tertiary/aromatic N) is 5. The van der Waals surface area contributed by atoms with Gasteiger partial charge in [-0.15, -0.1) is 0 Å². The summed E-state index contributed by atoms with van der Waals surface area (Å²) in [6.07, 6.45) is 6.57. The van der Waals surface area contributed by atoms with E-state index in [0.29, 0.717) is 47.3 Å². The molecule has 3 heterocycles. The summed E-state index contributed by atoms with van der Waals surface area (Å²) in [4.78, 5) is 12.6. The quantitative estimate of drug-likeness (QED) is 0.656. The van der Waals surface area contributed by atoms with Crippen molar-refractivity contribution in [3.05, 3.63) is 47.6 Å². The fourth-order valence-corrected chi connectivity index (χ4v) is 2.45. The predicted octanol–water partition coefficient (Wildman–Crippen LogP) is 2.94. The van der Waals surface area contributed by atoms with Crippen molar-refractivity contribution in [1.29, 1.82) is 0 Å². The van der Waals surface area contributed by atoms with Gasteiger partial charge in [-0.05, 0) is 23.6 Å². The molecule has 0 aromatic carbocycles. The van der Waals surface area contributed by atoms with Crippen LogP contribution in [0.5, 0.6) is 5.88 Å². The Balaban J connectivity index is 1.70. The fraction of sp³-hybridized carbons (Fsp3) is 0.294. The van der Waals surface area contributed by atoms with E-state index < -0.39 is 0 Å². The lowest BCUT2D eigenvalue weighted by molar-refractivity contribution is 0.261. The molecule has 0 saturated heterocycles. The van der Waals surface area contributed by atoms with Gasteiger partial charge in [0.2, 0.25) is 5.88 Å². The van der Waals surface area contributed by atoms with Crippen LogP contribution >= 0.6 is 11.6 Å². The van der Waals surface area contributed by atoms with Crippen LogP contribution in [0.2, 0.25) is 5.02 Å². The van der Waals surface area contributed by atoms with Gasteiger partial charge in [0.15, 0.2) is 11.6 Å². The molecule has 0 fully saturated rings. The second-order valence-corrected chi connectivity index (χ2v) is 6.51. The van der Waals surface area contributed by atoms with E-state index in [1.165, 1.54) is 6.33 Å². The van der Waals surface area contributed by atoms with Crippen molar-refractivity contribution < 1.29 is 4.74 Å². The Morgan fingerprint density at radius 1 is 1.31 bits per heavy atom. The highest BCUT2D eigenvalue weighted by molar-refractivity contribution is 6.31. The Morgan fingerprint density at radius 2 is 2.15 bits per heavy atom. The summed E-state index contributed by atoms with van der Waals surface area (Å²) in [7, 11) is 0. The van der Waals surface area contributed by atoms with Crippen molar-refractivity contribution in [2.45, 2.75) is 20.4 Å². The van der Waals surface area contributed by atoms with E-state index in [4.69, 9.17) is 22.1 Å². The molecule has 0 spiro atoms. The van der Waals surface area contributed by atoms with Crippen LogP contribution in [0.15, 0.2) is 37.1 Å². The third kappa shape index (κ3) is 4.20. The highest BCUT2D eigenvalue weighted by Crippen LogP contribution is 2.25. The van der Waals surface area contributed by atoms with Crippen LogP contribution in [-0.2, 0) is 6.54 Å². The van der Waals surface area contributed by atoms with Gasteiger partial charge in [-0.1, -0.05) is 25.4 Å². The minimum Gasteiger partial charge on any atom is -0.476 e. The van der Waals surface area contributed by atoms with Gasteiger partial charge >= 0.3 is 0 Å². The number of aromatic nitrogens is 5. The fourth-order valence-electron chi connectivity index (χ4n) is 2.20. The van der Waals surface area contributed by atoms with E-state index in [1.807, 2.05) is 6.07 Å². The maximum Gasteiger partial charge on any atom is 0.232 e. The molecule has 3 rings (SSSR count). The van der Waals surface area contributed by atoms with E-state index in [-0.39, 0.29) is 0 Å². The molecule has 0 unspecified atom stereocenters. The van der Waals surface area contributed by atoms with Gasteiger partial charge in [0.05, 0.1) is 6.61 Å². The normalized spacial score (nSPS) is 10.9. The Morgan fingerprint density at radius 3 is 2.85 bits per heavy atom. The summed E-state index contributed by atoms with van der Waals surface area (Å²) < 4.78 is 7.16. The number of nitrogen functional groups attached to an aromatic ring is 1. The molecule has 8 nitrogen and oxygen atoms in total. The second-order valence-electron chi connectivity index (χ2n) is 6.10. The Bertz CT molecular complexity index is 868. The van der Waals surface area contributed by atoms with Crippen LogP contribution in [0.4, 0.5) is 11.5 Å². The molecule has 0 radical (unpaired) electrons. The first-order valence-corrected chi connectivity index (χ1v) is 8.54. The van der Waals surface area contributed by atoms with Gasteiger partial charge in [-0.3, -0.25) is 0 Å². The first-order valence-electron chi connectivity index (χ1n) is 8.16. The number of anilines is 2. The van der Waals surface area contributed by atoms with Gasteiger partial charge < -0.3 is 15.8 Å². The van der Waals surface area contributed by atoms with Crippen molar-refractivity contribution in [2.24, 2.45) is 5.92 Å². The second kappa shape index (κ2) is 8.01. The van der Waals surface area contributed by atoms with Gasteiger partial charge in [-0.25, -0.2) is 19.6 Å². The van der Waals surface area contributed by atoms with Gasteiger partial charge in [0, 0.05) is 25.1 Å². The first kappa shape index (κ1) is 17.9. The number of pyridine rings is 1. The maximum atomic E-state index is 6.24. The lowest BCUT2D eigenvalue weighted by Gasteiger charge is -2.12. The monoisotopic (exact) mass is 373 g/mol. The molecule has 0 atom stereocenters. The summed E-state index contributed by atoms with van der Waals surface area (Å²) in [6.45, 7) is 5.15. The van der Waals surface area contributed by atoms with E-state index in [1.54, 1.807) is 29.3 Å². The molecule has 3 aromatic rings. The molecule has 26 heavy (non-hydrogen) atoms. The van der Waals surface area contributed by atoms with Crippen molar-refractivity contribution in [2.75, 3.05) is 17.7 Å². The Hall–Kier alpha value is -2.87. The minimum atomic E-state index is 0.402. The molecule has 0 saturated carbocycles. The van der Waals surface area contributed by atoms with Crippen molar-refractivity contribution in [3.63, 3.8) is 0 Å². The number of nitrogens with one attached hydrogen (secondary N) is 1. The number of rotatable bonds is 7. The van der Waals surface area contributed by atoms with Gasteiger partial charge in [0.25, 0.3) is 0 Å². The maximum absolute atomic E-state index is 6.24. The van der Waals surface area contributed by atoms with Crippen LogP contribution in [0.25, 0.3) is 5.82 Å². The standard InChI is InChI=1S/C17H20ClN7O/c1-11(2)9-26-17-13(18)6-12(8-21-17)7-20-15-14(19)16(23-10-22-15)25-5-3-4-24-25/h3-6,8,10-11H,7,9,19H2,1-2H3,(H,20,22,23). The molecule has 3 N–H and O–H groups in total. The SMILES string of the molecule is CC(C)COc1ncc(CNc2ncnc(-n3cccn3)c2N)cc1Cl. The number of hydrogen-bond donors (Lipinski definition) is 2. The predicted molar refractivity (Wildman–Crippen MR) is 100 cm³/mol. The summed E-state index contributed by atoms with van der Waals surface area (Å²) in [5, 5.41) is 7.78. The molecule has 136 valence electrons. The lowest BCUT2D eigenvalue weighted by atomic mass is 10.2. The molecule has 0 aliphatic carbocycles. The third-order valence-electron chi connectivity index (χ3n) is 3.46. The van der Waals surface area contributed by atoms with Crippen LogP contribution in [0.3, 0.4) is 0 Å². The smallest absolute Gasteiger partial charge is 0.232 e. The average Bonchev–Trinajstić information content (AvgIpc) is 3.14. The minimum absolute atomic E-state index is 0.402. The zero-order valence-corrected chi connectivity index (χ0v) is 15.3. The lowest BCUT2D eigenvalue weighted by Crippen LogP contribution is -2.10. The van der Waals surface area contributed by atoms with Gasteiger partial charge in [0.1, 0.15) is 17.0 Å². The molecular formula is C17H20ClN7O. The zero-order chi connectivity index (χ0) is 18.5. The summed E-state index contributed by atoms with van der Waals surface area (Å²) in [6, 6.07) is 3.61. The molecule has 3 aromatic heterocycles. The number of hydrogen-bond acceptors (Lipinski definition) is 7. The number of halogens is 1. The summed E-state index contributed by atoms with van der Waals surface area (Å²) in [5.41, 5.74) is 7.44. The Labute approximate surface area is 156 Å². The zero-order valence-electron chi connectivity index (χ0n) is 14.6. The van der Waals surface area contributed by atoms with E-state index in [9.17, 15) is 0 Å². The number of ether oxygens (including phenoxy) is 1. The molecular weight excluding hydrogens is 354 g/mol. The van der Waals surface area contributed by atoms with Crippen molar-refractivity contribution in [1.82, 2.24) is 24.7 Å². The Kier molecular flexibility index (Phi) is 5.52. The van der Waals surface area contributed by atoms with Gasteiger partial charge in [-0.2, -0.15) is 5.10 Å². The van der Waals surface area contributed by atoms with Crippen LogP contribution in [0.1, 0.15) is 19.4 Å². The van der Waals surface area contributed by atoms with E-state index in [0.717, 1.165) is 5.56 Å². The summed E-state index contributed by atoms with van der Waals surface area (Å²) >= 11 is 6.24. The molecule has 9 heteroatoms. The first-order chi connectivity index (χ1) is 12.5. The van der Waals surface area contributed by atoms with E-state index >= 15 is 0 Å². The molecule has 0 aliphatic heterocycles. The largest absolute Gasteiger partial charge is 0.476 e. The number of nitrogens with two attached hydrogens (primary N) is 1. The average molecular weight is 374 g/mol.